The van der Waals surface area contributed by atoms with Crippen molar-refractivity contribution >= 4 is 27.8 Å². The zero-order valence-electron chi connectivity index (χ0n) is 13.6. The van der Waals surface area contributed by atoms with Crippen LogP contribution in [0.25, 0.3) is 27.5 Å². The molecule has 1 amide bonds. The van der Waals surface area contributed by atoms with Crippen molar-refractivity contribution in [3.63, 3.8) is 0 Å². The van der Waals surface area contributed by atoms with Crippen LogP contribution in [0.5, 0.6) is 0 Å². The van der Waals surface area contributed by atoms with Gasteiger partial charge in [0.2, 0.25) is 0 Å². The summed E-state index contributed by atoms with van der Waals surface area (Å²) in [5.41, 5.74) is 0.276. The van der Waals surface area contributed by atoms with E-state index in [1.54, 1.807) is 6.92 Å². The molecule has 1 aromatic carbocycles. The second kappa shape index (κ2) is 5.80. The highest BCUT2D eigenvalue weighted by Gasteiger charge is 2.16. The van der Waals surface area contributed by atoms with E-state index < -0.39 is 17.2 Å². The lowest BCUT2D eigenvalue weighted by atomic mass is 10.2. The maximum atomic E-state index is 14.1. The second-order valence-corrected chi connectivity index (χ2v) is 5.69. The molecule has 0 atom stereocenters. The van der Waals surface area contributed by atoms with Crippen LogP contribution in [0.3, 0.4) is 0 Å². The molecular weight excluding hydrogens is 344 g/mol. The Labute approximate surface area is 144 Å². The molecule has 0 radical (unpaired) electrons. The van der Waals surface area contributed by atoms with Gasteiger partial charge in [0.15, 0.2) is 5.82 Å². The summed E-state index contributed by atoms with van der Waals surface area (Å²) in [7, 11) is 0. The summed E-state index contributed by atoms with van der Waals surface area (Å²) in [6.07, 6.45) is 4.43. The SMILES string of the molecule is CCNC(=O)n1cc2ncc3c(=O)n(-c4ccc(F)cc4F)[nH]c3c2c1. The van der Waals surface area contributed by atoms with E-state index in [0.717, 1.165) is 10.7 Å². The number of carbonyl (C=O) groups excluding carboxylic acids is 1. The lowest BCUT2D eigenvalue weighted by Crippen LogP contribution is -2.26. The van der Waals surface area contributed by atoms with Crippen molar-refractivity contribution in [2.45, 2.75) is 6.92 Å². The maximum Gasteiger partial charge on any atom is 0.325 e. The van der Waals surface area contributed by atoms with Gasteiger partial charge < -0.3 is 5.32 Å². The summed E-state index contributed by atoms with van der Waals surface area (Å²) in [6.45, 7) is 2.26. The Kier molecular flexibility index (Phi) is 3.57. The first-order valence-electron chi connectivity index (χ1n) is 7.84. The highest BCUT2D eigenvalue weighted by Crippen LogP contribution is 2.22. The third-order valence-electron chi connectivity index (χ3n) is 4.05. The quantitative estimate of drug-likeness (QED) is 0.578. The predicted octanol–water partition coefficient (Wildman–Crippen LogP) is 2.52. The van der Waals surface area contributed by atoms with Gasteiger partial charge in [0.1, 0.15) is 11.5 Å². The first-order valence-corrected chi connectivity index (χ1v) is 7.84. The molecule has 0 saturated heterocycles. The number of halogens is 2. The molecule has 3 aromatic heterocycles. The monoisotopic (exact) mass is 357 g/mol. The third kappa shape index (κ3) is 2.36. The number of benzene rings is 1. The lowest BCUT2D eigenvalue weighted by Gasteiger charge is -2.02. The van der Waals surface area contributed by atoms with Gasteiger partial charge in [-0.1, -0.05) is 0 Å². The number of fused-ring (bicyclic) bond motifs is 3. The number of nitrogens with zero attached hydrogens (tertiary/aromatic N) is 3. The van der Waals surface area contributed by atoms with Gasteiger partial charge in [-0.05, 0) is 19.1 Å². The molecule has 3 heterocycles. The van der Waals surface area contributed by atoms with Crippen LogP contribution in [0, 0.1) is 11.6 Å². The van der Waals surface area contributed by atoms with Gasteiger partial charge in [-0.2, -0.15) is 0 Å². The fourth-order valence-electron chi connectivity index (χ4n) is 2.84. The van der Waals surface area contributed by atoms with Gasteiger partial charge >= 0.3 is 6.03 Å². The van der Waals surface area contributed by atoms with Crippen LogP contribution < -0.4 is 10.9 Å². The topological polar surface area (TPSA) is 84.7 Å². The van der Waals surface area contributed by atoms with Gasteiger partial charge in [0.05, 0.1) is 16.4 Å². The first kappa shape index (κ1) is 16.0. The van der Waals surface area contributed by atoms with Crippen molar-refractivity contribution in [2.24, 2.45) is 0 Å². The summed E-state index contributed by atoms with van der Waals surface area (Å²) in [5, 5.41) is 6.25. The molecule has 132 valence electrons. The Balaban J connectivity index is 1.95. The van der Waals surface area contributed by atoms with Gasteiger partial charge in [-0.15, -0.1) is 0 Å². The highest BCUT2D eigenvalue weighted by atomic mass is 19.1. The zero-order valence-corrected chi connectivity index (χ0v) is 13.6. The fraction of sp³-hybridized carbons (Fsp3) is 0.118. The normalized spacial score (nSPS) is 11.3. The van der Waals surface area contributed by atoms with E-state index in [0.29, 0.717) is 29.0 Å². The van der Waals surface area contributed by atoms with E-state index in [1.165, 1.54) is 29.2 Å². The van der Waals surface area contributed by atoms with Gasteiger partial charge in [-0.3, -0.25) is 19.4 Å². The molecule has 2 N–H and O–H groups in total. The summed E-state index contributed by atoms with van der Waals surface area (Å²) in [5.74, 6) is -1.61. The molecule has 0 saturated carbocycles. The van der Waals surface area contributed by atoms with Crippen molar-refractivity contribution in [3.05, 3.63) is 58.8 Å². The van der Waals surface area contributed by atoms with E-state index in [2.05, 4.69) is 15.4 Å². The van der Waals surface area contributed by atoms with Crippen molar-refractivity contribution in [2.75, 3.05) is 6.54 Å². The van der Waals surface area contributed by atoms with E-state index in [4.69, 9.17) is 0 Å². The smallest absolute Gasteiger partial charge is 0.325 e. The Bertz CT molecular complexity index is 1220. The van der Waals surface area contributed by atoms with Crippen LogP contribution in [0.2, 0.25) is 0 Å². The molecule has 4 rings (SSSR count). The van der Waals surface area contributed by atoms with Crippen LogP contribution in [0.15, 0.2) is 41.6 Å². The summed E-state index contributed by atoms with van der Waals surface area (Å²) in [4.78, 5) is 28.8. The van der Waals surface area contributed by atoms with Crippen molar-refractivity contribution in [1.82, 2.24) is 24.6 Å². The van der Waals surface area contributed by atoms with E-state index >= 15 is 0 Å². The van der Waals surface area contributed by atoms with E-state index in [1.807, 2.05) is 0 Å². The summed E-state index contributed by atoms with van der Waals surface area (Å²) in [6, 6.07) is 2.61. The van der Waals surface area contributed by atoms with E-state index in [-0.39, 0.29) is 17.1 Å². The second-order valence-electron chi connectivity index (χ2n) is 5.69. The standard InChI is InChI=1S/C17H13F2N5O2/c1-2-20-17(26)23-7-11-13(8-23)21-6-10-15(11)22-24(16(10)25)14-4-3-9(18)5-12(14)19/h3-8,22H,2H2,1H3,(H,20,26). The minimum atomic E-state index is -0.872. The molecule has 0 spiro atoms. The molecular formula is C17H13F2N5O2. The van der Waals surface area contributed by atoms with Crippen LogP contribution >= 0.6 is 0 Å². The fourth-order valence-corrected chi connectivity index (χ4v) is 2.84. The van der Waals surface area contributed by atoms with Crippen molar-refractivity contribution in [1.29, 1.82) is 0 Å². The van der Waals surface area contributed by atoms with Crippen molar-refractivity contribution in [3.8, 4) is 5.69 Å². The van der Waals surface area contributed by atoms with Crippen molar-refractivity contribution < 1.29 is 13.6 Å². The molecule has 26 heavy (non-hydrogen) atoms. The largest absolute Gasteiger partial charge is 0.338 e. The number of rotatable bonds is 2. The molecule has 0 unspecified atom stereocenters. The number of aromatic amines is 1. The Morgan fingerprint density at radius 2 is 2.08 bits per heavy atom. The Morgan fingerprint density at radius 3 is 2.81 bits per heavy atom. The number of nitrogens with one attached hydrogen (secondary N) is 2. The summed E-state index contributed by atoms with van der Waals surface area (Å²) < 4.78 is 29.5. The average molecular weight is 357 g/mol. The van der Waals surface area contributed by atoms with Gasteiger partial charge in [-0.25, -0.2) is 18.3 Å². The number of amides is 1. The molecule has 4 aromatic rings. The minimum absolute atomic E-state index is 0.107. The number of hydrogen-bond acceptors (Lipinski definition) is 3. The van der Waals surface area contributed by atoms with Crippen LogP contribution in [-0.2, 0) is 0 Å². The lowest BCUT2D eigenvalue weighted by molar-refractivity contribution is 0.243. The number of pyridine rings is 1. The Morgan fingerprint density at radius 1 is 1.27 bits per heavy atom. The number of hydrogen-bond donors (Lipinski definition) is 2. The van der Waals surface area contributed by atoms with Gasteiger partial charge in [0, 0.05) is 36.6 Å². The number of carbonyl (C=O) groups is 1. The molecule has 0 aliphatic rings. The maximum absolute atomic E-state index is 14.1. The predicted molar refractivity (Wildman–Crippen MR) is 91.6 cm³/mol. The molecule has 9 heteroatoms. The number of H-pyrrole nitrogens is 1. The zero-order chi connectivity index (χ0) is 18.4. The third-order valence-corrected chi connectivity index (χ3v) is 4.05. The molecule has 7 nitrogen and oxygen atoms in total. The van der Waals surface area contributed by atoms with Gasteiger partial charge in [0.25, 0.3) is 5.56 Å². The molecule has 0 aliphatic heterocycles. The number of aromatic nitrogens is 4. The Hall–Kier alpha value is -3.49. The first-order chi connectivity index (χ1) is 12.5. The minimum Gasteiger partial charge on any atom is -0.338 e. The molecule has 0 aliphatic carbocycles. The van der Waals surface area contributed by atoms with E-state index in [9.17, 15) is 18.4 Å². The summed E-state index contributed by atoms with van der Waals surface area (Å²) >= 11 is 0. The molecule has 0 fully saturated rings. The average Bonchev–Trinajstić information content (AvgIpc) is 3.17. The molecule has 0 bridgehead atoms. The van der Waals surface area contributed by atoms with Crippen LogP contribution in [0.1, 0.15) is 6.92 Å². The highest BCUT2D eigenvalue weighted by molar-refractivity contribution is 6.04. The van der Waals surface area contributed by atoms with Crippen LogP contribution in [-0.4, -0.2) is 31.9 Å². The van der Waals surface area contributed by atoms with Crippen LogP contribution in [0.4, 0.5) is 13.6 Å².